The normalized spacial score (nSPS) is 11.8. The molecule has 0 amide bonds. The van der Waals surface area contributed by atoms with Gasteiger partial charge in [-0.05, 0) is 42.3 Å². The minimum Gasteiger partial charge on any atom is -0.345 e. The molecule has 158 valence electrons. The van der Waals surface area contributed by atoms with Crippen LogP contribution in [0.5, 0.6) is 0 Å². The Balaban J connectivity index is 1.92. The molecule has 4 rings (SSSR count). The van der Waals surface area contributed by atoms with Crippen molar-refractivity contribution in [3.8, 4) is 11.1 Å². The van der Waals surface area contributed by atoms with E-state index in [-0.39, 0.29) is 32.2 Å². The number of nitrogens with zero attached hydrogens (tertiary/aromatic N) is 1. The fourth-order valence-corrected chi connectivity index (χ4v) is 4.45. The molecule has 4 aromatic rings. The third-order valence-electron chi connectivity index (χ3n) is 4.94. The average Bonchev–Trinajstić information content (AvgIpc) is 3.11. The Labute approximate surface area is 180 Å². The molecule has 10 heteroatoms. The van der Waals surface area contributed by atoms with Crippen molar-refractivity contribution in [2.45, 2.75) is 11.8 Å². The van der Waals surface area contributed by atoms with Crippen molar-refractivity contribution in [2.75, 3.05) is 0 Å². The highest BCUT2D eigenvalue weighted by atomic mass is 35.5. The van der Waals surface area contributed by atoms with E-state index in [1.165, 1.54) is 43.6 Å². The molecule has 31 heavy (non-hydrogen) atoms. The molecule has 2 aromatic carbocycles. The molecule has 0 saturated heterocycles. The van der Waals surface area contributed by atoms with Gasteiger partial charge in [0, 0.05) is 28.9 Å². The number of nitrogens with one attached hydrogen (secondary N) is 1. The van der Waals surface area contributed by atoms with Gasteiger partial charge in [0.2, 0.25) is 15.8 Å². The molecule has 0 aliphatic rings. The first-order valence-corrected chi connectivity index (χ1v) is 10.8. The summed E-state index contributed by atoms with van der Waals surface area (Å²) in [6, 6.07) is 7.69. The number of nitrogens with two attached hydrogens (primary N) is 1. The van der Waals surface area contributed by atoms with E-state index >= 15 is 4.39 Å². The summed E-state index contributed by atoms with van der Waals surface area (Å²) in [7, 11) is -4.06. The van der Waals surface area contributed by atoms with Gasteiger partial charge in [0.15, 0.2) is 0 Å². The maximum Gasteiger partial charge on any atom is 0.238 e. The topological polar surface area (TPSA) is 106 Å². The van der Waals surface area contributed by atoms with E-state index in [4.69, 9.17) is 16.7 Å². The molecule has 0 saturated carbocycles. The van der Waals surface area contributed by atoms with Crippen molar-refractivity contribution in [3.63, 3.8) is 0 Å². The van der Waals surface area contributed by atoms with Crippen LogP contribution in [-0.2, 0) is 10.0 Å². The van der Waals surface area contributed by atoms with E-state index in [1.54, 1.807) is 0 Å². The summed E-state index contributed by atoms with van der Waals surface area (Å²) < 4.78 is 53.7. The van der Waals surface area contributed by atoms with Gasteiger partial charge in [0.25, 0.3) is 0 Å². The van der Waals surface area contributed by atoms with Crippen molar-refractivity contribution in [1.82, 2.24) is 9.97 Å². The first-order chi connectivity index (χ1) is 14.6. The predicted molar refractivity (Wildman–Crippen MR) is 112 cm³/mol. The summed E-state index contributed by atoms with van der Waals surface area (Å²) in [5.74, 6) is -3.09. The minimum absolute atomic E-state index is 0.00467. The van der Waals surface area contributed by atoms with Crippen LogP contribution >= 0.6 is 11.6 Å². The Morgan fingerprint density at radius 3 is 2.61 bits per heavy atom. The number of halogens is 3. The third kappa shape index (κ3) is 3.60. The number of H-pyrrole nitrogens is 1. The van der Waals surface area contributed by atoms with Gasteiger partial charge in [-0.3, -0.25) is 4.79 Å². The van der Waals surface area contributed by atoms with Crippen LogP contribution in [0.4, 0.5) is 8.78 Å². The lowest BCUT2D eigenvalue weighted by Crippen LogP contribution is -2.14. The second kappa shape index (κ2) is 7.52. The molecule has 0 aliphatic heterocycles. The number of carbonyl (C=O) groups excluding carboxylic acids is 1. The molecule has 0 spiro atoms. The van der Waals surface area contributed by atoms with Crippen molar-refractivity contribution >= 4 is 38.4 Å². The minimum atomic E-state index is -4.06. The van der Waals surface area contributed by atoms with E-state index < -0.39 is 33.0 Å². The summed E-state index contributed by atoms with van der Waals surface area (Å²) in [6.07, 6.45) is 2.67. The van der Waals surface area contributed by atoms with E-state index in [9.17, 15) is 17.6 Å². The molecule has 0 atom stereocenters. The SMILES string of the molecule is Cc1c(-c2ccc(F)c(C(=O)c3c[nH]c4ncc(Cl)cc34)c2F)cccc1S(N)(=O)=O. The highest BCUT2D eigenvalue weighted by Gasteiger charge is 2.26. The quantitative estimate of drug-likeness (QED) is 0.441. The molecule has 2 heterocycles. The van der Waals surface area contributed by atoms with Gasteiger partial charge in [-0.25, -0.2) is 27.3 Å². The number of ketones is 1. The third-order valence-corrected chi connectivity index (χ3v) is 6.20. The van der Waals surface area contributed by atoms with E-state index in [1.807, 2.05) is 0 Å². The van der Waals surface area contributed by atoms with Crippen molar-refractivity contribution < 1.29 is 22.0 Å². The van der Waals surface area contributed by atoms with Crippen LogP contribution in [0.15, 0.2) is 53.7 Å². The second-order valence-electron chi connectivity index (χ2n) is 6.84. The molecule has 0 aliphatic carbocycles. The van der Waals surface area contributed by atoms with Crippen molar-refractivity contribution in [3.05, 3.63) is 82.1 Å². The summed E-state index contributed by atoms with van der Waals surface area (Å²) in [5, 5.41) is 5.79. The first-order valence-electron chi connectivity index (χ1n) is 8.87. The number of hydrogen-bond donors (Lipinski definition) is 2. The van der Waals surface area contributed by atoms with E-state index in [0.717, 1.165) is 12.1 Å². The van der Waals surface area contributed by atoms with Gasteiger partial charge in [-0.15, -0.1) is 0 Å². The van der Waals surface area contributed by atoms with Crippen molar-refractivity contribution in [1.29, 1.82) is 0 Å². The van der Waals surface area contributed by atoms with Gasteiger partial charge >= 0.3 is 0 Å². The number of primary sulfonamides is 1. The molecule has 0 fully saturated rings. The fourth-order valence-electron chi connectivity index (χ4n) is 3.48. The molecule has 0 radical (unpaired) electrons. The Kier molecular flexibility index (Phi) is 5.12. The lowest BCUT2D eigenvalue weighted by Gasteiger charge is -2.13. The number of aromatic amines is 1. The van der Waals surface area contributed by atoms with Crippen molar-refractivity contribution in [2.24, 2.45) is 5.14 Å². The molecule has 6 nitrogen and oxygen atoms in total. The van der Waals surface area contributed by atoms with Crippen LogP contribution in [0.2, 0.25) is 5.02 Å². The summed E-state index contributed by atoms with van der Waals surface area (Å²) in [5.41, 5.74) is -0.238. The number of carbonyl (C=O) groups is 1. The predicted octanol–water partition coefficient (Wildman–Crippen LogP) is 4.35. The lowest BCUT2D eigenvalue weighted by molar-refractivity contribution is 0.103. The monoisotopic (exact) mass is 461 g/mol. The Morgan fingerprint density at radius 1 is 1.16 bits per heavy atom. The standard InChI is InChI=1S/C21H14ClF2N3O3S/c1-10-12(3-2-4-17(10)31(25,29)30)13-5-6-16(23)18(19(13)24)20(28)15-9-27-21-14(15)7-11(22)8-26-21/h2-9H,1H3,(H,26,27)(H2,25,29,30). The molecular weight excluding hydrogens is 448 g/mol. The first kappa shape index (κ1) is 21.1. The molecule has 3 N–H and O–H groups in total. The smallest absolute Gasteiger partial charge is 0.238 e. The number of aromatic nitrogens is 2. The van der Waals surface area contributed by atoms with Gasteiger partial charge in [0.05, 0.1) is 15.5 Å². The van der Waals surface area contributed by atoms with Gasteiger partial charge in [-0.2, -0.15) is 0 Å². The number of fused-ring (bicyclic) bond motifs is 1. The molecule has 0 bridgehead atoms. The van der Waals surface area contributed by atoms with Crippen LogP contribution in [0.3, 0.4) is 0 Å². The highest BCUT2D eigenvalue weighted by Crippen LogP contribution is 2.33. The molecular formula is C21H14ClF2N3O3S. The fraction of sp³-hybridized carbons (Fsp3) is 0.0476. The maximum atomic E-state index is 15.5. The molecule has 2 aromatic heterocycles. The number of pyridine rings is 1. The number of rotatable bonds is 4. The number of hydrogen-bond acceptors (Lipinski definition) is 4. The van der Waals surface area contributed by atoms with Crippen LogP contribution in [0.1, 0.15) is 21.5 Å². The maximum absolute atomic E-state index is 15.5. The molecule has 0 unspecified atom stereocenters. The van der Waals surface area contributed by atoms with Gasteiger partial charge in [-0.1, -0.05) is 23.7 Å². The Bertz CT molecular complexity index is 1480. The van der Waals surface area contributed by atoms with Crippen LogP contribution in [-0.4, -0.2) is 24.2 Å². The zero-order valence-electron chi connectivity index (χ0n) is 15.9. The zero-order valence-corrected chi connectivity index (χ0v) is 17.5. The van der Waals surface area contributed by atoms with E-state index in [2.05, 4.69) is 9.97 Å². The average molecular weight is 462 g/mol. The summed E-state index contributed by atoms with van der Waals surface area (Å²) in [6.45, 7) is 1.45. The van der Waals surface area contributed by atoms with Crippen LogP contribution < -0.4 is 5.14 Å². The van der Waals surface area contributed by atoms with Gasteiger partial charge < -0.3 is 4.98 Å². The largest absolute Gasteiger partial charge is 0.345 e. The van der Waals surface area contributed by atoms with Crippen LogP contribution in [0.25, 0.3) is 22.2 Å². The lowest BCUT2D eigenvalue weighted by atomic mass is 9.94. The summed E-state index contributed by atoms with van der Waals surface area (Å²) >= 11 is 5.94. The van der Waals surface area contributed by atoms with Gasteiger partial charge in [0.1, 0.15) is 17.3 Å². The Morgan fingerprint density at radius 2 is 1.90 bits per heavy atom. The highest BCUT2D eigenvalue weighted by molar-refractivity contribution is 7.89. The van der Waals surface area contributed by atoms with E-state index in [0.29, 0.717) is 11.0 Å². The number of benzene rings is 2. The van der Waals surface area contributed by atoms with Crippen LogP contribution in [0, 0.1) is 18.6 Å². The summed E-state index contributed by atoms with van der Waals surface area (Å²) in [4.78, 5) is 19.7. The zero-order chi connectivity index (χ0) is 22.5. The Hall–Kier alpha value is -3.14. The number of sulfonamides is 1. The second-order valence-corrected chi connectivity index (χ2v) is 8.81.